The van der Waals surface area contributed by atoms with E-state index in [1.54, 1.807) is 0 Å². The molecule has 0 atom stereocenters. The molecule has 1 aliphatic rings. The molecule has 0 amide bonds. The highest BCUT2D eigenvalue weighted by atomic mass is 16.5. The second-order valence-corrected chi connectivity index (χ2v) is 4.52. The Balaban J connectivity index is 0.000000262. The first-order valence-electron chi connectivity index (χ1n) is 5.58. The van der Waals surface area contributed by atoms with E-state index in [1.807, 2.05) is 0 Å². The van der Waals surface area contributed by atoms with E-state index in [2.05, 4.69) is 49.9 Å². The fourth-order valence-electron chi connectivity index (χ4n) is 1.05. The van der Waals surface area contributed by atoms with Crippen molar-refractivity contribution in [2.24, 2.45) is 0 Å². The maximum atomic E-state index is 5.10. The van der Waals surface area contributed by atoms with Gasteiger partial charge in [-0.2, -0.15) is 0 Å². The summed E-state index contributed by atoms with van der Waals surface area (Å²) in [5, 5.41) is 0. The standard InChI is InChI=1S/C6H16N2.C5H11NO/c1-7(2)5-6-8(3)4;1-6-2-4-7-5-3-6/h5-6H2,1-4H3;2-5H2,1H3. The van der Waals surface area contributed by atoms with Gasteiger partial charge in [0.15, 0.2) is 0 Å². The van der Waals surface area contributed by atoms with Gasteiger partial charge in [0, 0.05) is 26.2 Å². The Morgan fingerprint density at radius 1 is 0.933 bits per heavy atom. The van der Waals surface area contributed by atoms with Gasteiger partial charge in [-0.05, 0) is 35.2 Å². The van der Waals surface area contributed by atoms with Crippen LogP contribution in [-0.4, -0.2) is 89.3 Å². The number of morpholine rings is 1. The lowest BCUT2D eigenvalue weighted by Crippen LogP contribution is -2.32. The van der Waals surface area contributed by atoms with Gasteiger partial charge in [0.05, 0.1) is 13.2 Å². The van der Waals surface area contributed by atoms with Crippen molar-refractivity contribution in [2.75, 3.05) is 74.6 Å². The second kappa shape index (κ2) is 9.09. The van der Waals surface area contributed by atoms with Crippen LogP contribution in [0.4, 0.5) is 0 Å². The number of hydrogen-bond acceptors (Lipinski definition) is 4. The Bertz CT molecular complexity index is 126. The van der Waals surface area contributed by atoms with Crippen molar-refractivity contribution in [3.8, 4) is 0 Å². The highest BCUT2D eigenvalue weighted by molar-refractivity contribution is 4.53. The molecule has 1 heterocycles. The van der Waals surface area contributed by atoms with E-state index in [1.165, 1.54) is 0 Å². The maximum Gasteiger partial charge on any atom is 0.0594 e. The van der Waals surface area contributed by atoms with Crippen LogP contribution < -0.4 is 0 Å². The third kappa shape index (κ3) is 11.8. The molecular formula is C11H27N3O. The predicted molar refractivity (Wildman–Crippen MR) is 65.4 cm³/mol. The average Bonchev–Trinajstić information content (AvgIpc) is 2.17. The molecule has 1 fully saturated rings. The molecule has 15 heavy (non-hydrogen) atoms. The molecule has 0 aromatic rings. The van der Waals surface area contributed by atoms with Crippen LogP contribution in [0.25, 0.3) is 0 Å². The van der Waals surface area contributed by atoms with Crippen LogP contribution in [-0.2, 0) is 4.74 Å². The molecule has 0 bridgehead atoms. The zero-order valence-electron chi connectivity index (χ0n) is 11.0. The van der Waals surface area contributed by atoms with Gasteiger partial charge in [-0.25, -0.2) is 0 Å². The number of rotatable bonds is 3. The lowest BCUT2D eigenvalue weighted by Gasteiger charge is -2.21. The number of nitrogens with zero attached hydrogens (tertiary/aromatic N) is 3. The van der Waals surface area contributed by atoms with Gasteiger partial charge in [-0.3, -0.25) is 0 Å². The quantitative estimate of drug-likeness (QED) is 0.665. The molecule has 1 aliphatic heterocycles. The maximum absolute atomic E-state index is 5.10. The zero-order valence-corrected chi connectivity index (χ0v) is 11.0. The Kier molecular flexibility index (Phi) is 9.00. The highest BCUT2D eigenvalue weighted by Crippen LogP contribution is 1.89. The van der Waals surface area contributed by atoms with Crippen molar-refractivity contribution >= 4 is 0 Å². The Hall–Kier alpha value is -0.160. The van der Waals surface area contributed by atoms with E-state index in [-0.39, 0.29) is 0 Å². The van der Waals surface area contributed by atoms with Crippen LogP contribution in [0.1, 0.15) is 0 Å². The monoisotopic (exact) mass is 217 g/mol. The first-order valence-corrected chi connectivity index (χ1v) is 5.58. The van der Waals surface area contributed by atoms with Crippen molar-refractivity contribution < 1.29 is 4.74 Å². The minimum absolute atomic E-state index is 0.913. The summed E-state index contributed by atoms with van der Waals surface area (Å²) in [4.78, 5) is 6.63. The zero-order chi connectivity index (χ0) is 11.7. The van der Waals surface area contributed by atoms with Crippen LogP contribution in [0.15, 0.2) is 0 Å². The molecule has 0 radical (unpaired) electrons. The van der Waals surface area contributed by atoms with Gasteiger partial charge >= 0.3 is 0 Å². The van der Waals surface area contributed by atoms with E-state index in [0.717, 1.165) is 39.4 Å². The van der Waals surface area contributed by atoms with Gasteiger partial charge in [-0.1, -0.05) is 0 Å². The van der Waals surface area contributed by atoms with E-state index in [9.17, 15) is 0 Å². The Labute approximate surface area is 94.8 Å². The summed E-state index contributed by atoms with van der Waals surface area (Å²) in [5.74, 6) is 0. The molecule has 1 saturated heterocycles. The van der Waals surface area contributed by atoms with E-state index in [0.29, 0.717) is 0 Å². The smallest absolute Gasteiger partial charge is 0.0594 e. The Morgan fingerprint density at radius 2 is 1.33 bits per heavy atom. The summed E-state index contributed by atoms with van der Waals surface area (Å²) in [6, 6.07) is 0. The van der Waals surface area contributed by atoms with Gasteiger partial charge in [0.2, 0.25) is 0 Å². The molecule has 0 saturated carbocycles. The van der Waals surface area contributed by atoms with Gasteiger partial charge in [0.1, 0.15) is 0 Å². The molecule has 92 valence electrons. The van der Waals surface area contributed by atoms with Crippen LogP contribution >= 0.6 is 0 Å². The van der Waals surface area contributed by atoms with Gasteiger partial charge in [0.25, 0.3) is 0 Å². The predicted octanol–water partition coefficient (Wildman–Crippen LogP) is 0.0580. The fraction of sp³-hybridized carbons (Fsp3) is 1.00. The van der Waals surface area contributed by atoms with Crippen LogP contribution in [0.5, 0.6) is 0 Å². The molecule has 4 nitrogen and oxygen atoms in total. The summed E-state index contributed by atoms with van der Waals surface area (Å²) >= 11 is 0. The van der Waals surface area contributed by atoms with Crippen LogP contribution in [0.2, 0.25) is 0 Å². The topological polar surface area (TPSA) is 19.0 Å². The van der Waals surface area contributed by atoms with Crippen molar-refractivity contribution in [1.82, 2.24) is 14.7 Å². The fourth-order valence-corrected chi connectivity index (χ4v) is 1.05. The van der Waals surface area contributed by atoms with Crippen LogP contribution in [0.3, 0.4) is 0 Å². The molecule has 1 rings (SSSR count). The number of hydrogen-bond donors (Lipinski definition) is 0. The van der Waals surface area contributed by atoms with E-state index >= 15 is 0 Å². The number of ether oxygens (including phenoxy) is 1. The minimum Gasteiger partial charge on any atom is -0.379 e. The molecule has 4 heteroatoms. The summed E-state index contributed by atoms with van der Waals surface area (Å²) in [5.41, 5.74) is 0. The first-order chi connectivity index (χ1) is 7.02. The molecule has 0 aromatic carbocycles. The molecule has 0 spiro atoms. The summed E-state index contributed by atoms with van der Waals surface area (Å²) < 4.78 is 5.10. The van der Waals surface area contributed by atoms with Crippen LogP contribution in [0, 0.1) is 0 Å². The largest absolute Gasteiger partial charge is 0.379 e. The van der Waals surface area contributed by atoms with Crippen molar-refractivity contribution in [1.29, 1.82) is 0 Å². The van der Waals surface area contributed by atoms with E-state index < -0.39 is 0 Å². The third-order valence-electron chi connectivity index (χ3n) is 2.23. The molecule has 0 unspecified atom stereocenters. The Morgan fingerprint density at radius 3 is 1.53 bits per heavy atom. The summed E-state index contributed by atoms with van der Waals surface area (Å²) in [7, 11) is 10.5. The first kappa shape index (κ1) is 14.8. The third-order valence-corrected chi connectivity index (χ3v) is 2.23. The van der Waals surface area contributed by atoms with Gasteiger partial charge in [-0.15, -0.1) is 0 Å². The number of likely N-dealkylation sites (N-methyl/N-ethyl adjacent to an activating group) is 3. The van der Waals surface area contributed by atoms with Crippen molar-refractivity contribution in [3.05, 3.63) is 0 Å². The van der Waals surface area contributed by atoms with Crippen molar-refractivity contribution in [3.63, 3.8) is 0 Å². The minimum atomic E-state index is 0.913. The molecule has 0 N–H and O–H groups in total. The summed E-state index contributed by atoms with van der Waals surface area (Å²) in [6.45, 7) is 6.31. The highest BCUT2D eigenvalue weighted by Gasteiger charge is 2.02. The lowest BCUT2D eigenvalue weighted by molar-refractivity contribution is 0.0503. The average molecular weight is 217 g/mol. The summed E-state index contributed by atoms with van der Waals surface area (Å²) in [6.07, 6.45) is 0. The van der Waals surface area contributed by atoms with Crippen molar-refractivity contribution in [2.45, 2.75) is 0 Å². The van der Waals surface area contributed by atoms with E-state index in [4.69, 9.17) is 4.74 Å². The van der Waals surface area contributed by atoms with Gasteiger partial charge < -0.3 is 19.4 Å². The molecular weight excluding hydrogens is 190 g/mol. The normalized spacial score (nSPS) is 17.8. The second-order valence-electron chi connectivity index (χ2n) is 4.52. The lowest BCUT2D eigenvalue weighted by atomic mass is 10.5. The molecule has 0 aromatic heterocycles. The molecule has 0 aliphatic carbocycles. The SMILES string of the molecule is CN(C)CCN(C)C.CN1CCOCC1.